The van der Waals surface area contributed by atoms with Gasteiger partial charge in [0.15, 0.2) is 0 Å². The van der Waals surface area contributed by atoms with Gasteiger partial charge in [-0.1, -0.05) is 0 Å². The number of hydrogen-bond acceptors (Lipinski definition) is 8. The van der Waals surface area contributed by atoms with Crippen LogP contribution >= 0.6 is 0 Å². The van der Waals surface area contributed by atoms with Gasteiger partial charge in [-0.3, -0.25) is 8.42 Å². The van der Waals surface area contributed by atoms with E-state index in [4.69, 9.17) is 37.9 Å². The normalized spacial score (nSPS) is 13.6. The molecule has 0 rings (SSSR count). The zero-order valence-electron chi connectivity index (χ0n) is 9.23. The van der Waals surface area contributed by atoms with Gasteiger partial charge in [0.1, 0.15) is 25.3 Å². The minimum atomic E-state index is -5.17. The lowest BCUT2D eigenvalue weighted by Crippen LogP contribution is -2.56. The molecule has 11 heteroatoms. The van der Waals surface area contributed by atoms with Crippen LogP contribution in [-0.4, -0.2) is 76.5 Å². The molecular formula is C6H20N2O8S. The standard InChI is InChI=1S/2C3H9NO2.H2O4S/c2*4-1-3(6)2-5;1-5(2,3)4/h2*3,5-6H,1-2,4H2;(H2,1,2,3,4). The Balaban J connectivity index is -0.000000174. The zero-order valence-corrected chi connectivity index (χ0v) is 10.0. The number of rotatable bonds is 4. The van der Waals surface area contributed by atoms with Crippen molar-refractivity contribution in [2.75, 3.05) is 26.3 Å². The Morgan fingerprint density at radius 1 is 0.941 bits per heavy atom. The number of quaternary nitrogens is 2. The molecule has 2 atom stereocenters. The molecule has 0 amide bonds. The molecule has 0 aromatic carbocycles. The predicted octanol–water partition coefficient (Wildman–Crippen LogP) is -6.17. The lowest BCUT2D eigenvalue weighted by molar-refractivity contribution is -0.385. The molecule has 0 fully saturated rings. The van der Waals surface area contributed by atoms with E-state index in [1.54, 1.807) is 0 Å². The van der Waals surface area contributed by atoms with Gasteiger partial charge in [0.2, 0.25) is 0 Å². The van der Waals surface area contributed by atoms with Gasteiger partial charge in [-0.25, -0.2) is 0 Å². The molecule has 0 aliphatic carbocycles. The molecule has 0 spiro atoms. The van der Waals surface area contributed by atoms with Crippen LogP contribution in [0.1, 0.15) is 0 Å². The van der Waals surface area contributed by atoms with E-state index in [1.165, 1.54) is 0 Å². The van der Waals surface area contributed by atoms with Crippen molar-refractivity contribution in [3.63, 3.8) is 0 Å². The maximum atomic E-state index is 8.52. The Kier molecular flexibility index (Phi) is 17.6. The summed E-state index contributed by atoms with van der Waals surface area (Å²) in [6, 6.07) is 0. The molecule has 2 unspecified atom stereocenters. The number of aliphatic hydroxyl groups excluding tert-OH is 4. The highest BCUT2D eigenvalue weighted by atomic mass is 32.3. The van der Waals surface area contributed by atoms with Gasteiger partial charge in [0.05, 0.1) is 13.2 Å². The van der Waals surface area contributed by atoms with E-state index < -0.39 is 22.6 Å². The van der Waals surface area contributed by atoms with Crippen molar-refractivity contribution >= 4 is 10.4 Å². The summed E-state index contributed by atoms with van der Waals surface area (Å²) in [5, 5.41) is 32.8. The summed E-state index contributed by atoms with van der Waals surface area (Å²) in [5.41, 5.74) is 6.69. The molecular weight excluding hydrogens is 260 g/mol. The van der Waals surface area contributed by atoms with Crippen molar-refractivity contribution in [3.05, 3.63) is 0 Å². The van der Waals surface area contributed by atoms with Crippen molar-refractivity contribution in [3.8, 4) is 0 Å². The van der Waals surface area contributed by atoms with Crippen LogP contribution in [0.25, 0.3) is 0 Å². The Bertz CT molecular complexity index is 208. The second-order valence-corrected chi connectivity index (χ2v) is 3.47. The third-order valence-electron chi connectivity index (χ3n) is 1.09. The Morgan fingerprint density at radius 3 is 1.12 bits per heavy atom. The van der Waals surface area contributed by atoms with Crippen LogP contribution in [0.4, 0.5) is 0 Å². The van der Waals surface area contributed by atoms with Crippen LogP contribution in [0.2, 0.25) is 0 Å². The van der Waals surface area contributed by atoms with E-state index >= 15 is 0 Å². The van der Waals surface area contributed by atoms with Crippen molar-refractivity contribution in [1.82, 2.24) is 0 Å². The molecule has 0 heterocycles. The minimum Gasteiger partial charge on any atom is -0.759 e. The molecule has 0 aromatic rings. The first-order valence-electron chi connectivity index (χ1n) is 4.45. The van der Waals surface area contributed by atoms with Crippen molar-refractivity contribution in [2.45, 2.75) is 12.2 Å². The molecule has 10 nitrogen and oxygen atoms in total. The maximum absolute atomic E-state index is 8.52. The molecule has 0 aliphatic rings. The fraction of sp³-hybridized carbons (Fsp3) is 1.00. The van der Waals surface area contributed by atoms with Gasteiger partial charge in [-0.2, -0.15) is 0 Å². The van der Waals surface area contributed by atoms with Gasteiger partial charge in [0.25, 0.3) is 0 Å². The molecule has 0 saturated carbocycles. The first-order chi connectivity index (χ1) is 7.62. The SMILES string of the molecule is O=S(=O)([O-])[O-].[NH3+]CC(O)CO.[NH3+]CC(O)CO. The molecule has 0 bridgehead atoms. The van der Waals surface area contributed by atoms with E-state index in [0.717, 1.165) is 0 Å². The fourth-order valence-corrected chi connectivity index (χ4v) is 0.183. The average molecular weight is 280 g/mol. The van der Waals surface area contributed by atoms with Crippen molar-refractivity contribution < 1.29 is 49.4 Å². The van der Waals surface area contributed by atoms with E-state index in [0.29, 0.717) is 13.1 Å². The smallest absolute Gasteiger partial charge is 0.126 e. The monoisotopic (exact) mass is 280 g/mol. The summed E-state index contributed by atoms with van der Waals surface area (Å²) in [5.74, 6) is 0. The summed E-state index contributed by atoms with van der Waals surface area (Å²) in [6.45, 7) is 0.417. The summed E-state index contributed by atoms with van der Waals surface area (Å²) in [4.78, 5) is 0. The molecule has 108 valence electrons. The van der Waals surface area contributed by atoms with E-state index in [2.05, 4.69) is 11.5 Å². The molecule has 0 saturated heterocycles. The van der Waals surface area contributed by atoms with E-state index in [1.807, 2.05) is 0 Å². The molecule has 17 heavy (non-hydrogen) atoms. The van der Waals surface area contributed by atoms with Gasteiger partial charge in [-0.05, 0) is 0 Å². The summed E-state index contributed by atoms with van der Waals surface area (Å²) in [7, 11) is -5.17. The van der Waals surface area contributed by atoms with Gasteiger partial charge < -0.3 is 41.0 Å². The minimum absolute atomic E-state index is 0.177. The topological polar surface area (TPSA) is 216 Å². The summed E-state index contributed by atoms with van der Waals surface area (Å²) in [6.07, 6.45) is -1.24. The highest BCUT2D eigenvalue weighted by molar-refractivity contribution is 7.79. The van der Waals surface area contributed by atoms with Crippen LogP contribution in [0.3, 0.4) is 0 Å². The fourth-order valence-electron chi connectivity index (χ4n) is 0.183. The maximum Gasteiger partial charge on any atom is 0.126 e. The molecule has 0 aliphatic heterocycles. The third kappa shape index (κ3) is 49.9. The Labute approximate surface area is 99.1 Å². The highest BCUT2D eigenvalue weighted by Crippen LogP contribution is 1.68. The third-order valence-corrected chi connectivity index (χ3v) is 1.09. The molecule has 0 radical (unpaired) electrons. The van der Waals surface area contributed by atoms with E-state index in [-0.39, 0.29) is 13.2 Å². The lowest BCUT2D eigenvalue weighted by atomic mass is 10.4. The molecule has 10 N–H and O–H groups in total. The lowest BCUT2D eigenvalue weighted by Gasteiger charge is -2.06. The second kappa shape index (κ2) is 13.7. The predicted molar refractivity (Wildman–Crippen MR) is 52.2 cm³/mol. The van der Waals surface area contributed by atoms with E-state index in [9.17, 15) is 0 Å². The highest BCUT2D eigenvalue weighted by Gasteiger charge is 1.96. The summed E-state index contributed by atoms with van der Waals surface area (Å²) >= 11 is 0. The molecule has 0 aromatic heterocycles. The number of hydrogen-bond donors (Lipinski definition) is 6. The zero-order chi connectivity index (χ0) is 14.5. The number of aliphatic hydroxyl groups is 4. The second-order valence-electron chi connectivity index (χ2n) is 2.66. The first-order valence-corrected chi connectivity index (χ1v) is 5.78. The quantitative estimate of drug-likeness (QED) is 0.214. The largest absolute Gasteiger partial charge is 0.759 e. The van der Waals surface area contributed by atoms with Crippen LogP contribution in [0.15, 0.2) is 0 Å². The van der Waals surface area contributed by atoms with Crippen LogP contribution in [-0.2, 0) is 10.4 Å². The van der Waals surface area contributed by atoms with Gasteiger partial charge in [0, 0.05) is 10.4 Å². The first kappa shape index (κ1) is 21.9. The summed E-state index contributed by atoms with van der Waals surface area (Å²) < 4.78 is 34.1. The van der Waals surface area contributed by atoms with Gasteiger partial charge >= 0.3 is 0 Å². The van der Waals surface area contributed by atoms with Crippen LogP contribution in [0.5, 0.6) is 0 Å². The van der Waals surface area contributed by atoms with Crippen molar-refractivity contribution in [2.24, 2.45) is 0 Å². The average Bonchev–Trinajstić information content (AvgIpc) is 2.25. The Morgan fingerprint density at radius 2 is 1.12 bits per heavy atom. The van der Waals surface area contributed by atoms with Gasteiger partial charge in [-0.15, -0.1) is 0 Å². The van der Waals surface area contributed by atoms with Crippen molar-refractivity contribution in [1.29, 1.82) is 0 Å². The van der Waals surface area contributed by atoms with Crippen LogP contribution < -0.4 is 11.5 Å². The Hall–Kier alpha value is -0.370. The van der Waals surface area contributed by atoms with Crippen LogP contribution in [0, 0.1) is 0 Å².